The van der Waals surface area contributed by atoms with Gasteiger partial charge in [0.1, 0.15) is 65.5 Å². The molecule has 0 saturated carbocycles. The highest BCUT2D eigenvalue weighted by atomic mass is 32.1. The number of carbonyl (C=O) groups is 8. The van der Waals surface area contributed by atoms with Crippen molar-refractivity contribution in [3.8, 4) is 69.0 Å². The molecule has 0 atom stereocenters. The highest BCUT2D eigenvalue weighted by Gasteiger charge is 2.29. The van der Waals surface area contributed by atoms with Crippen LogP contribution in [0.4, 0.5) is 0 Å². The fraction of sp³-hybridized carbons (Fsp3) is 0.0435. The number of aromatic amines is 3. The summed E-state index contributed by atoms with van der Waals surface area (Å²) in [7, 11) is 0. The molecule has 0 saturated heterocycles. The molecule has 0 aliphatic heterocycles. The number of hydrogen-bond acceptors (Lipinski definition) is 21. The van der Waals surface area contributed by atoms with Crippen molar-refractivity contribution in [2.24, 2.45) is 0 Å². The Morgan fingerprint density at radius 2 is 0.683 bits per heavy atom. The van der Waals surface area contributed by atoms with Gasteiger partial charge in [0, 0.05) is 82.7 Å². The number of H-pyrrole nitrogens is 3. The summed E-state index contributed by atoms with van der Waals surface area (Å²) in [5.41, 5.74) is 7.75. The number of aromatic nitrogens is 3. The fourth-order valence-electron chi connectivity index (χ4n) is 12.0. The Labute approximate surface area is 696 Å². The van der Waals surface area contributed by atoms with Gasteiger partial charge in [0.15, 0.2) is 28.8 Å². The molecule has 8 heterocycles. The van der Waals surface area contributed by atoms with Gasteiger partial charge in [-0.3, -0.25) is 19.2 Å². The number of hydrogen-bond donors (Lipinski definition) is 11. The van der Waals surface area contributed by atoms with E-state index in [1.165, 1.54) is 82.0 Å². The number of fused-ring (bicyclic) bond motifs is 4. The lowest BCUT2D eigenvalue weighted by Crippen LogP contribution is -2.03. The van der Waals surface area contributed by atoms with Gasteiger partial charge in [-0.15, -0.1) is 45.3 Å². The molecule has 28 heteroatoms. The molecule has 24 nitrogen and oxygen atoms in total. The van der Waals surface area contributed by atoms with Crippen molar-refractivity contribution in [3.05, 3.63) is 330 Å². The summed E-state index contributed by atoms with van der Waals surface area (Å²) in [6, 6.07) is 55.7. The number of furan rings is 1. The lowest BCUT2D eigenvalue weighted by Gasteiger charge is -2.08. The molecule has 11 N–H and O–H groups in total. The second kappa shape index (κ2) is 36.6. The largest absolute Gasteiger partial charge is 0.508 e. The number of thiophene rings is 4. The lowest BCUT2D eigenvalue weighted by molar-refractivity contribution is -0.132. The molecular formula is C92H67N3O21S4. The van der Waals surface area contributed by atoms with Gasteiger partial charge in [-0.25, -0.2) is 19.2 Å². The van der Waals surface area contributed by atoms with Crippen LogP contribution in [0, 0.1) is 27.7 Å². The van der Waals surface area contributed by atoms with Gasteiger partial charge < -0.3 is 79.2 Å². The van der Waals surface area contributed by atoms with Crippen molar-refractivity contribution in [1.82, 2.24) is 15.0 Å². The highest BCUT2D eigenvalue weighted by molar-refractivity contribution is 7.22. The Kier molecular flexibility index (Phi) is 25.2. The average molecular weight is 1680 g/mol. The fourth-order valence-corrected chi connectivity index (χ4v) is 16.4. The van der Waals surface area contributed by atoms with Crippen LogP contribution in [0.2, 0.25) is 0 Å². The first-order valence-corrected chi connectivity index (χ1v) is 39.4. The van der Waals surface area contributed by atoms with Crippen molar-refractivity contribution in [3.63, 3.8) is 0 Å². The predicted octanol–water partition coefficient (Wildman–Crippen LogP) is 21.7. The molecule has 0 aliphatic carbocycles. The van der Waals surface area contributed by atoms with E-state index in [-0.39, 0.29) is 51.9 Å². The van der Waals surface area contributed by atoms with Gasteiger partial charge in [0.2, 0.25) is 23.1 Å². The van der Waals surface area contributed by atoms with E-state index in [0.29, 0.717) is 115 Å². The summed E-state index contributed by atoms with van der Waals surface area (Å²) in [5.74, 6) is -0.699. The maximum atomic E-state index is 13.2. The third-order valence-corrected chi connectivity index (χ3v) is 22.2. The van der Waals surface area contributed by atoms with Crippen LogP contribution in [0.1, 0.15) is 106 Å². The van der Waals surface area contributed by atoms with E-state index < -0.39 is 23.9 Å². The van der Waals surface area contributed by atoms with E-state index in [0.717, 1.165) is 76.9 Å². The van der Waals surface area contributed by atoms with E-state index in [1.807, 2.05) is 39.8 Å². The molecule has 600 valence electrons. The second-order valence-electron chi connectivity index (χ2n) is 26.6. The van der Waals surface area contributed by atoms with Crippen LogP contribution in [-0.4, -0.2) is 103 Å². The molecule has 120 heavy (non-hydrogen) atoms. The van der Waals surface area contributed by atoms with Crippen molar-refractivity contribution in [2.45, 2.75) is 27.7 Å². The Hall–Kier alpha value is -15.4. The number of carboxylic acid groups (broad SMARTS) is 4. The van der Waals surface area contributed by atoms with E-state index >= 15 is 0 Å². The maximum Gasteiger partial charge on any atom is 0.328 e. The normalized spacial score (nSPS) is 11.2. The molecule has 0 radical (unpaired) electrons. The molecule has 0 fully saturated rings. The quantitative estimate of drug-likeness (QED) is 0.0198. The molecule has 0 unspecified atom stereocenters. The number of ether oxygens (including phenoxy) is 4. The van der Waals surface area contributed by atoms with Crippen molar-refractivity contribution in [1.29, 1.82) is 0 Å². The molecule has 8 aromatic carbocycles. The van der Waals surface area contributed by atoms with Crippen LogP contribution in [0.5, 0.6) is 69.0 Å². The lowest BCUT2D eigenvalue weighted by atomic mass is 10.1. The van der Waals surface area contributed by atoms with Crippen LogP contribution in [-0.2, 0) is 19.2 Å². The van der Waals surface area contributed by atoms with Crippen LogP contribution in [0.15, 0.2) is 248 Å². The number of carbonyl (C=O) groups excluding carboxylic acids is 4. The third-order valence-electron chi connectivity index (χ3n) is 17.7. The summed E-state index contributed by atoms with van der Waals surface area (Å²) in [5, 5.41) is 77.1. The van der Waals surface area contributed by atoms with E-state index in [9.17, 15) is 58.8 Å². The average Bonchev–Trinajstić information content (AvgIpc) is 1.64. The minimum atomic E-state index is -1.03. The summed E-state index contributed by atoms with van der Waals surface area (Å²) < 4.78 is 32.6. The standard InChI is InChI=1S/3C23H17NO5S.C23H16O6S/c1-13-2-10-18(24-13)21(28)23-22(17-9-6-15(25)12-19(17)30-23)29-16-7-3-14(4-8-16)5-11-20(26)27;1-13-10-18(24-12-13)21(28)23-22(17-8-5-15(25)11-19(17)30-23)29-16-6-2-14(3-7-16)4-9-20(26)27;1-13-10-11-24-20(13)21(28)23-22(17-8-5-15(25)12-18(17)30-23)29-16-6-2-14(3-7-16)4-9-19(26)27;1-13-10-18(28-12-13)21(27)23-22(17-8-5-15(24)11-19(17)30-23)29-16-6-2-14(3-7-16)4-9-20(25)26/h3*2-12,24-25H,1H3,(H,26,27);2-12,24H,1H3,(H,25,26)/b11-5+;3*9-4+. The Balaban J connectivity index is 0.000000138. The highest BCUT2D eigenvalue weighted by Crippen LogP contribution is 2.48. The molecule has 0 spiro atoms. The predicted molar refractivity (Wildman–Crippen MR) is 460 cm³/mol. The number of phenolic OH excluding ortho intramolecular Hbond substituents is 4. The van der Waals surface area contributed by atoms with Gasteiger partial charge in [-0.05, 0) is 243 Å². The SMILES string of the molecule is Cc1c[nH]c(C(=O)c2sc3cc(O)ccc3c2Oc2ccc(/C=C/C(=O)O)cc2)c1.Cc1cc[nH]c1C(=O)c1sc2cc(O)ccc2c1Oc1ccc(/C=C/C(=O)O)cc1.Cc1ccc(C(=O)c2sc3cc(O)ccc3c2Oc2ccc(/C=C/C(=O)O)cc2)[nH]1.Cc1coc(C(=O)c2sc3cc(O)ccc3c2Oc2ccc(/C=C/C(=O)O)cc2)c1. The topological polar surface area (TPSA) is 396 Å². The van der Waals surface area contributed by atoms with Gasteiger partial charge in [-0.1, -0.05) is 48.5 Å². The summed E-state index contributed by atoms with van der Waals surface area (Å²) >= 11 is 4.97. The minimum absolute atomic E-state index is 0.0951. The van der Waals surface area contributed by atoms with Gasteiger partial charge in [-0.2, -0.15) is 0 Å². The number of aryl methyl sites for hydroxylation is 4. The van der Waals surface area contributed by atoms with Crippen molar-refractivity contribution >= 4 is 157 Å². The first-order chi connectivity index (χ1) is 57.6. The number of phenols is 4. The van der Waals surface area contributed by atoms with E-state index in [2.05, 4.69) is 15.0 Å². The number of carboxylic acids is 4. The smallest absolute Gasteiger partial charge is 0.328 e. The first kappa shape index (κ1) is 82.6. The monoisotopic (exact) mass is 1680 g/mol. The van der Waals surface area contributed by atoms with Gasteiger partial charge >= 0.3 is 23.9 Å². The first-order valence-electron chi connectivity index (χ1n) is 36.1. The van der Waals surface area contributed by atoms with Crippen LogP contribution >= 0.6 is 45.3 Å². The van der Waals surface area contributed by atoms with Gasteiger partial charge in [0.05, 0.1) is 23.3 Å². The zero-order chi connectivity index (χ0) is 85.0. The minimum Gasteiger partial charge on any atom is -0.508 e. The summed E-state index contributed by atoms with van der Waals surface area (Å²) in [6.07, 6.45) is 15.1. The molecule has 16 aromatic rings. The molecule has 16 rings (SSSR count). The van der Waals surface area contributed by atoms with Crippen LogP contribution < -0.4 is 18.9 Å². The molecule has 0 aliphatic rings. The molecular weight excluding hydrogens is 1610 g/mol. The second-order valence-corrected chi connectivity index (χ2v) is 30.8. The zero-order valence-corrected chi connectivity index (χ0v) is 66.7. The number of rotatable bonds is 24. The Morgan fingerprint density at radius 1 is 0.350 bits per heavy atom. The van der Waals surface area contributed by atoms with Gasteiger partial charge in [0.25, 0.3) is 0 Å². The van der Waals surface area contributed by atoms with E-state index in [1.54, 1.807) is 194 Å². The number of nitrogens with one attached hydrogen (secondary N) is 3. The summed E-state index contributed by atoms with van der Waals surface area (Å²) in [6.45, 7) is 7.46. The maximum absolute atomic E-state index is 13.2. The number of ketones is 4. The van der Waals surface area contributed by atoms with Crippen molar-refractivity contribution < 1.29 is 103 Å². The molecule has 0 amide bonds. The number of aliphatic carboxylic acids is 4. The molecule has 8 aromatic heterocycles. The number of benzene rings is 8. The van der Waals surface area contributed by atoms with Crippen LogP contribution in [0.25, 0.3) is 64.6 Å². The third kappa shape index (κ3) is 20.1. The summed E-state index contributed by atoms with van der Waals surface area (Å²) in [4.78, 5) is 106. The van der Waals surface area contributed by atoms with Crippen LogP contribution in [0.3, 0.4) is 0 Å². The number of aromatic hydroxyl groups is 4. The molecule has 0 bridgehead atoms. The van der Waals surface area contributed by atoms with Crippen molar-refractivity contribution in [2.75, 3.05) is 0 Å². The zero-order valence-electron chi connectivity index (χ0n) is 63.4. The Bertz CT molecular complexity index is 6260. The van der Waals surface area contributed by atoms with E-state index in [4.69, 9.17) is 43.8 Å². The Morgan fingerprint density at radius 3 is 0.967 bits per heavy atom.